The second kappa shape index (κ2) is 9.82. The molecule has 0 unspecified atom stereocenters. The highest BCUT2D eigenvalue weighted by atomic mass is 16.5. The molecule has 0 saturated heterocycles. The maximum Gasteiger partial charge on any atom is 0.248 e. The van der Waals surface area contributed by atoms with E-state index in [0.717, 1.165) is 5.56 Å². The van der Waals surface area contributed by atoms with Crippen LogP contribution in [0.1, 0.15) is 34.3 Å². The van der Waals surface area contributed by atoms with Gasteiger partial charge in [-0.25, -0.2) is 0 Å². The predicted octanol–water partition coefficient (Wildman–Crippen LogP) is 2.14. The van der Waals surface area contributed by atoms with Gasteiger partial charge in [0, 0.05) is 24.6 Å². The summed E-state index contributed by atoms with van der Waals surface area (Å²) in [6, 6.07) is 13.8. The Labute approximate surface area is 157 Å². The van der Waals surface area contributed by atoms with Crippen molar-refractivity contribution in [1.29, 1.82) is 5.26 Å². The zero-order chi connectivity index (χ0) is 19.6. The van der Waals surface area contributed by atoms with E-state index in [4.69, 9.17) is 20.5 Å². The van der Waals surface area contributed by atoms with Crippen LogP contribution in [-0.2, 0) is 11.3 Å². The first-order chi connectivity index (χ1) is 13.0. The molecule has 0 aliphatic rings. The van der Waals surface area contributed by atoms with Gasteiger partial charge in [-0.1, -0.05) is 12.1 Å². The van der Waals surface area contributed by atoms with Crippen molar-refractivity contribution in [3.05, 3.63) is 59.2 Å². The van der Waals surface area contributed by atoms with Gasteiger partial charge in [0.25, 0.3) is 0 Å². The van der Waals surface area contributed by atoms with Gasteiger partial charge in [-0.3, -0.25) is 9.59 Å². The predicted molar refractivity (Wildman–Crippen MR) is 99.2 cm³/mol. The fraction of sp³-hybridized carbons (Fsp3) is 0.250. The Kier molecular flexibility index (Phi) is 7.20. The summed E-state index contributed by atoms with van der Waals surface area (Å²) in [5.41, 5.74) is 6.94. The van der Waals surface area contributed by atoms with E-state index < -0.39 is 5.91 Å². The monoisotopic (exact) mass is 367 g/mol. The van der Waals surface area contributed by atoms with Crippen LogP contribution in [0.4, 0.5) is 0 Å². The third-order valence-electron chi connectivity index (χ3n) is 3.80. The molecule has 0 aliphatic heterocycles. The Bertz CT molecular complexity index is 859. The van der Waals surface area contributed by atoms with E-state index in [1.165, 1.54) is 7.11 Å². The summed E-state index contributed by atoms with van der Waals surface area (Å²) < 4.78 is 10.8. The van der Waals surface area contributed by atoms with Crippen LogP contribution in [0.2, 0.25) is 0 Å². The molecule has 0 aromatic heterocycles. The number of nitrogens with zero attached hydrogens (tertiary/aromatic N) is 1. The maximum atomic E-state index is 11.9. The van der Waals surface area contributed by atoms with Crippen molar-refractivity contribution in [2.75, 3.05) is 13.7 Å². The van der Waals surface area contributed by atoms with Crippen LogP contribution in [0.15, 0.2) is 42.5 Å². The van der Waals surface area contributed by atoms with E-state index in [0.29, 0.717) is 48.6 Å². The minimum absolute atomic E-state index is 0.116. The Balaban J connectivity index is 1.74. The van der Waals surface area contributed by atoms with Crippen molar-refractivity contribution in [3.63, 3.8) is 0 Å². The number of nitrogens with one attached hydrogen (secondary N) is 1. The number of carbonyl (C=O) groups excluding carboxylic acids is 2. The number of hydrogen-bond acceptors (Lipinski definition) is 5. The zero-order valence-electron chi connectivity index (χ0n) is 15.0. The second-order valence-corrected chi connectivity index (χ2v) is 5.77. The minimum atomic E-state index is -0.501. The standard InChI is InChI=1S/C20H21N3O4/c1-26-18-11-14(12-21)7-8-17(18)27-9-3-6-19(24)23-13-15-4-2-5-16(10-15)20(22)25/h2,4-5,7-8,10-11H,3,6,9,13H2,1H3,(H2,22,25)(H,23,24). The van der Waals surface area contributed by atoms with E-state index in [1.807, 2.05) is 12.1 Å². The van der Waals surface area contributed by atoms with Gasteiger partial charge in [-0.15, -0.1) is 0 Å². The van der Waals surface area contributed by atoms with Gasteiger partial charge in [0.2, 0.25) is 11.8 Å². The number of benzene rings is 2. The molecule has 27 heavy (non-hydrogen) atoms. The van der Waals surface area contributed by atoms with E-state index in [2.05, 4.69) is 5.32 Å². The van der Waals surface area contributed by atoms with E-state index in [1.54, 1.807) is 36.4 Å². The molecule has 140 valence electrons. The number of methoxy groups -OCH3 is 1. The van der Waals surface area contributed by atoms with Crippen molar-refractivity contribution in [2.24, 2.45) is 5.73 Å². The lowest BCUT2D eigenvalue weighted by molar-refractivity contribution is -0.121. The largest absolute Gasteiger partial charge is 0.493 e. The highest BCUT2D eigenvalue weighted by Crippen LogP contribution is 2.27. The molecule has 2 aromatic carbocycles. The third kappa shape index (κ3) is 6.04. The molecule has 3 N–H and O–H groups in total. The third-order valence-corrected chi connectivity index (χ3v) is 3.80. The number of amides is 2. The molecule has 2 amide bonds. The van der Waals surface area contributed by atoms with E-state index >= 15 is 0 Å². The Morgan fingerprint density at radius 2 is 2.00 bits per heavy atom. The first-order valence-electron chi connectivity index (χ1n) is 8.40. The highest BCUT2D eigenvalue weighted by molar-refractivity contribution is 5.92. The second-order valence-electron chi connectivity index (χ2n) is 5.77. The van der Waals surface area contributed by atoms with Gasteiger partial charge < -0.3 is 20.5 Å². The van der Waals surface area contributed by atoms with Crippen LogP contribution in [0, 0.1) is 11.3 Å². The van der Waals surface area contributed by atoms with Crippen LogP contribution in [0.5, 0.6) is 11.5 Å². The number of nitrogens with two attached hydrogens (primary N) is 1. The fourth-order valence-electron chi connectivity index (χ4n) is 2.39. The number of nitriles is 1. The molecule has 0 aliphatic carbocycles. The smallest absolute Gasteiger partial charge is 0.248 e. The highest BCUT2D eigenvalue weighted by Gasteiger charge is 2.07. The van der Waals surface area contributed by atoms with E-state index in [-0.39, 0.29) is 5.91 Å². The average Bonchev–Trinajstić information content (AvgIpc) is 2.69. The van der Waals surface area contributed by atoms with Crippen molar-refractivity contribution in [1.82, 2.24) is 5.32 Å². The normalized spacial score (nSPS) is 9.93. The number of primary amides is 1. The SMILES string of the molecule is COc1cc(C#N)ccc1OCCCC(=O)NCc1cccc(C(N)=O)c1. The summed E-state index contributed by atoms with van der Waals surface area (Å²) >= 11 is 0. The summed E-state index contributed by atoms with van der Waals surface area (Å²) in [4.78, 5) is 23.1. The molecule has 0 radical (unpaired) electrons. The molecule has 2 aromatic rings. The van der Waals surface area contributed by atoms with Crippen LogP contribution in [0.25, 0.3) is 0 Å². The van der Waals surface area contributed by atoms with Crippen molar-refractivity contribution < 1.29 is 19.1 Å². The van der Waals surface area contributed by atoms with E-state index in [9.17, 15) is 9.59 Å². The molecular formula is C20H21N3O4. The van der Waals surface area contributed by atoms with Crippen LogP contribution < -0.4 is 20.5 Å². The molecule has 0 bridgehead atoms. The number of rotatable bonds is 9. The zero-order valence-corrected chi connectivity index (χ0v) is 15.0. The van der Waals surface area contributed by atoms with Crippen LogP contribution in [0.3, 0.4) is 0 Å². The Hall–Kier alpha value is -3.53. The van der Waals surface area contributed by atoms with Gasteiger partial charge in [-0.05, 0) is 36.2 Å². The molecule has 7 heteroatoms. The molecule has 7 nitrogen and oxygen atoms in total. The summed E-state index contributed by atoms with van der Waals surface area (Å²) in [6.45, 7) is 0.664. The first-order valence-corrected chi connectivity index (χ1v) is 8.40. The summed E-state index contributed by atoms with van der Waals surface area (Å²) in [5, 5.41) is 11.7. The van der Waals surface area contributed by atoms with Gasteiger partial charge in [0.15, 0.2) is 11.5 Å². The maximum absolute atomic E-state index is 11.9. The van der Waals surface area contributed by atoms with Crippen molar-refractivity contribution in [2.45, 2.75) is 19.4 Å². The number of ether oxygens (including phenoxy) is 2. The summed E-state index contributed by atoms with van der Waals surface area (Å²) in [7, 11) is 1.50. The molecule has 0 heterocycles. The molecule has 2 rings (SSSR count). The molecular weight excluding hydrogens is 346 g/mol. The average molecular weight is 367 g/mol. The lowest BCUT2D eigenvalue weighted by Crippen LogP contribution is -2.23. The van der Waals surface area contributed by atoms with Crippen LogP contribution >= 0.6 is 0 Å². The molecule has 0 fully saturated rings. The molecule has 0 spiro atoms. The number of hydrogen-bond donors (Lipinski definition) is 2. The summed E-state index contributed by atoms with van der Waals surface area (Å²) in [5.74, 6) is 0.390. The lowest BCUT2D eigenvalue weighted by Gasteiger charge is -2.11. The van der Waals surface area contributed by atoms with Gasteiger partial charge in [0.05, 0.1) is 25.3 Å². The van der Waals surface area contributed by atoms with Crippen LogP contribution in [-0.4, -0.2) is 25.5 Å². The van der Waals surface area contributed by atoms with Gasteiger partial charge in [-0.2, -0.15) is 5.26 Å². The topological polar surface area (TPSA) is 114 Å². The van der Waals surface area contributed by atoms with Gasteiger partial charge in [0.1, 0.15) is 0 Å². The van der Waals surface area contributed by atoms with Crippen molar-refractivity contribution in [3.8, 4) is 17.6 Å². The Morgan fingerprint density at radius 1 is 1.19 bits per heavy atom. The number of carbonyl (C=O) groups is 2. The lowest BCUT2D eigenvalue weighted by atomic mass is 10.1. The molecule has 0 atom stereocenters. The fourth-order valence-corrected chi connectivity index (χ4v) is 2.39. The first kappa shape index (κ1) is 19.8. The Morgan fingerprint density at radius 3 is 2.70 bits per heavy atom. The quantitative estimate of drug-likeness (QED) is 0.659. The van der Waals surface area contributed by atoms with Gasteiger partial charge >= 0.3 is 0 Å². The minimum Gasteiger partial charge on any atom is -0.493 e. The van der Waals surface area contributed by atoms with Crippen molar-refractivity contribution >= 4 is 11.8 Å². The summed E-state index contributed by atoms with van der Waals surface area (Å²) in [6.07, 6.45) is 0.824. The molecule has 0 saturated carbocycles.